The maximum absolute atomic E-state index is 12.1. The maximum Gasteiger partial charge on any atom is 0.256 e. The van der Waals surface area contributed by atoms with Crippen LogP contribution in [0.25, 0.3) is 11.5 Å². The van der Waals surface area contributed by atoms with E-state index in [1.165, 1.54) is 11.3 Å². The van der Waals surface area contributed by atoms with Crippen LogP contribution in [0.15, 0.2) is 57.9 Å². The Bertz CT molecular complexity index is 1060. The molecule has 0 saturated heterocycles. The van der Waals surface area contributed by atoms with Gasteiger partial charge in [-0.15, -0.1) is 0 Å². The van der Waals surface area contributed by atoms with Crippen LogP contribution >= 0.6 is 11.3 Å². The summed E-state index contributed by atoms with van der Waals surface area (Å²) < 4.78 is 7.66. The van der Waals surface area contributed by atoms with E-state index in [4.69, 9.17) is 4.42 Å². The van der Waals surface area contributed by atoms with Crippen LogP contribution in [0.2, 0.25) is 0 Å². The number of carbonyl (C=O) groups is 1. The van der Waals surface area contributed by atoms with Crippen LogP contribution < -0.4 is 5.32 Å². The molecule has 0 unspecified atom stereocenters. The molecule has 0 radical (unpaired) electrons. The number of amides is 1. The van der Waals surface area contributed by atoms with Crippen LogP contribution in [0.5, 0.6) is 0 Å². The van der Waals surface area contributed by atoms with Crippen LogP contribution in [0.1, 0.15) is 27.4 Å². The number of thiophene rings is 1. The Morgan fingerprint density at radius 1 is 1.22 bits per heavy atom. The maximum atomic E-state index is 12.1. The molecule has 4 rings (SSSR count). The Balaban J connectivity index is 1.49. The number of aryl methyl sites for hydroxylation is 2. The smallest absolute Gasteiger partial charge is 0.256 e. The van der Waals surface area contributed by atoms with Gasteiger partial charge < -0.3 is 9.73 Å². The summed E-state index contributed by atoms with van der Waals surface area (Å²) in [5.74, 6) is 1.21. The number of oxazole rings is 1. The first kappa shape index (κ1) is 17.2. The van der Waals surface area contributed by atoms with Gasteiger partial charge in [0.2, 0.25) is 5.89 Å². The highest BCUT2D eigenvalue weighted by Crippen LogP contribution is 2.24. The van der Waals surface area contributed by atoms with Gasteiger partial charge >= 0.3 is 0 Å². The minimum absolute atomic E-state index is 0.118. The molecule has 0 bridgehead atoms. The van der Waals surface area contributed by atoms with E-state index in [0.717, 1.165) is 28.3 Å². The van der Waals surface area contributed by atoms with E-state index in [1.54, 1.807) is 6.07 Å². The van der Waals surface area contributed by atoms with E-state index in [-0.39, 0.29) is 5.91 Å². The van der Waals surface area contributed by atoms with E-state index >= 15 is 0 Å². The highest BCUT2D eigenvalue weighted by Gasteiger charge is 2.13. The van der Waals surface area contributed by atoms with Crippen molar-refractivity contribution in [3.05, 3.63) is 76.1 Å². The van der Waals surface area contributed by atoms with Crippen LogP contribution in [-0.2, 0) is 6.54 Å². The van der Waals surface area contributed by atoms with Crippen LogP contribution in [0.3, 0.4) is 0 Å². The molecule has 3 heterocycles. The summed E-state index contributed by atoms with van der Waals surface area (Å²) in [6.45, 7) is 4.47. The molecule has 27 heavy (non-hydrogen) atoms. The summed E-state index contributed by atoms with van der Waals surface area (Å²) >= 11 is 1.50. The van der Waals surface area contributed by atoms with Gasteiger partial charge in [0.05, 0.1) is 18.3 Å². The molecule has 0 saturated carbocycles. The number of nitrogens with zero attached hydrogens (tertiary/aromatic N) is 3. The van der Waals surface area contributed by atoms with Crippen molar-refractivity contribution in [3.63, 3.8) is 0 Å². The molecule has 1 aromatic carbocycles. The minimum Gasteiger partial charge on any atom is -0.441 e. The van der Waals surface area contributed by atoms with Gasteiger partial charge in [0.15, 0.2) is 0 Å². The molecule has 136 valence electrons. The molecule has 0 atom stereocenters. The summed E-state index contributed by atoms with van der Waals surface area (Å²) in [7, 11) is 0. The molecule has 6 nitrogen and oxygen atoms in total. The molecule has 0 fully saturated rings. The van der Waals surface area contributed by atoms with E-state index in [1.807, 2.05) is 65.9 Å². The SMILES string of the molecule is Cc1cnn(Cc2nc(-c3ccc(NC(=O)c4ccsc4)cc3)oc2C)c1. The largest absolute Gasteiger partial charge is 0.441 e. The Kier molecular flexibility index (Phi) is 4.60. The molecule has 1 amide bonds. The third kappa shape index (κ3) is 3.83. The highest BCUT2D eigenvalue weighted by atomic mass is 32.1. The Morgan fingerprint density at radius 3 is 2.70 bits per heavy atom. The van der Waals surface area contributed by atoms with Gasteiger partial charge in [0.25, 0.3) is 5.91 Å². The number of anilines is 1. The number of aromatic nitrogens is 3. The first-order chi connectivity index (χ1) is 13.1. The van der Waals surface area contributed by atoms with Crippen molar-refractivity contribution in [1.82, 2.24) is 14.8 Å². The number of nitrogens with one attached hydrogen (secondary N) is 1. The van der Waals surface area contributed by atoms with E-state index in [0.29, 0.717) is 18.0 Å². The lowest BCUT2D eigenvalue weighted by molar-refractivity contribution is 0.102. The van der Waals surface area contributed by atoms with E-state index < -0.39 is 0 Å². The van der Waals surface area contributed by atoms with Crippen molar-refractivity contribution in [2.24, 2.45) is 0 Å². The van der Waals surface area contributed by atoms with E-state index in [9.17, 15) is 4.79 Å². The topological polar surface area (TPSA) is 73.0 Å². The summed E-state index contributed by atoms with van der Waals surface area (Å²) in [5, 5.41) is 10.9. The monoisotopic (exact) mass is 378 g/mol. The zero-order valence-electron chi connectivity index (χ0n) is 15.0. The molecule has 7 heteroatoms. The fourth-order valence-corrected chi connectivity index (χ4v) is 3.33. The standard InChI is InChI=1S/C20H18N4O2S/c1-13-9-21-24(10-13)11-18-14(2)26-20(23-18)15-3-5-17(6-4-15)22-19(25)16-7-8-27-12-16/h3-10,12H,11H2,1-2H3,(H,22,25). The van der Waals surface area contributed by atoms with Crippen molar-refractivity contribution in [2.45, 2.75) is 20.4 Å². The second-order valence-corrected chi connectivity index (χ2v) is 7.06. The minimum atomic E-state index is -0.118. The first-order valence-electron chi connectivity index (χ1n) is 8.48. The van der Waals surface area contributed by atoms with Gasteiger partial charge in [0, 0.05) is 22.8 Å². The zero-order valence-corrected chi connectivity index (χ0v) is 15.8. The molecule has 0 aliphatic heterocycles. The Labute approximate surface area is 160 Å². The first-order valence-corrected chi connectivity index (χ1v) is 9.42. The van der Waals surface area contributed by atoms with Gasteiger partial charge in [-0.25, -0.2) is 4.98 Å². The summed E-state index contributed by atoms with van der Waals surface area (Å²) in [6, 6.07) is 9.25. The average Bonchev–Trinajstić information content (AvgIpc) is 3.39. The lowest BCUT2D eigenvalue weighted by Crippen LogP contribution is -2.10. The van der Waals surface area contributed by atoms with Crippen molar-refractivity contribution in [1.29, 1.82) is 0 Å². The molecule has 3 aromatic heterocycles. The van der Waals surface area contributed by atoms with Crippen LogP contribution in [0.4, 0.5) is 5.69 Å². The molecule has 0 aliphatic carbocycles. The predicted octanol–water partition coefficient (Wildman–Crippen LogP) is 4.52. The molecular formula is C20H18N4O2S. The van der Waals surface area contributed by atoms with Gasteiger partial charge in [-0.2, -0.15) is 16.4 Å². The fourth-order valence-electron chi connectivity index (χ4n) is 2.70. The fraction of sp³-hybridized carbons (Fsp3) is 0.150. The van der Waals surface area contributed by atoms with E-state index in [2.05, 4.69) is 15.4 Å². The van der Waals surface area contributed by atoms with Gasteiger partial charge in [-0.1, -0.05) is 0 Å². The number of hydrogen-bond donors (Lipinski definition) is 1. The Hall–Kier alpha value is -3.19. The van der Waals surface area contributed by atoms with Crippen molar-refractivity contribution < 1.29 is 9.21 Å². The summed E-state index contributed by atoms with van der Waals surface area (Å²) in [5.41, 5.74) is 4.20. The van der Waals surface area contributed by atoms with Crippen LogP contribution in [-0.4, -0.2) is 20.7 Å². The molecule has 0 spiro atoms. The van der Waals surface area contributed by atoms with Crippen LogP contribution in [0, 0.1) is 13.8 Å². The lowest BCUT2D eigenvalue weighted by Gasteiger charge is -2.04. The van der Waals surface area contributed by atoms with Gasteiger partial charge in [-0.05, 0) is 55.1 Å². The average molecular weight is 378 g/mol. The number of rotatable bonds is 5. The second-order valence-electron chi connectivity index (χ2n) is 6.28. The Morgan fingerprint density at radius 2 is 2.04 bits per heavy atom. The molecule has 0 aliphatic rings. The molecular weight excluding hydrogens is 360 g/mol. The van der Waals surface area contributed by atoms with Crippen molar-refractivity contribution in [3.8, 4) is 11.5 Å². The third-order valence-corrected chi connectivity index (χ3v) is 4.82. The summed E-state index contributed by atoms with van der Waals surface area (Å²) in [6.07, 6.45) is 3.79. The lowest BCUT2D eigenvalue weighted by atomic mass is 10.2. The van der Waals surface area contributed by atoms with Gasteiger partial charge in [-0.3, -0.25) is 9.48 Å². The molecule has 4 aromatic rings. The third-order valence-electron chi connectivity index (χ3n) is 4.14. The van der Waals surface area contributed by atoms with Crippen molar-refractivity contribution in [2.75, 3.05) is 5.32 Å². The quantitative estimate of drug-likeness (QED) is 0.554. The summed E-state index contributed by atoms with van der Waals surface area (Å²) in [4.78, 5) is 16.7. The number of benzene rings is 1. The molecule has 1 N–H and O–H groups in total. The number of carbonyl (C=O) groups excluding carboxylic acids is 1. The predicted molar refractivity (Wildman–Crippen MR) is 105 cm³/mol. The zero-order chi connectivity index (χ0) is 18.8. The van der Waals surface area contributed by atoms with Crippen molar-refractivity contribution >= 4 is 22.9 Å². The highest BCUT2D eigenvalue weighted by molar-refractivity contribution is 7.08. The normalized spacial score (nSPS) is 10.9. The number of hydrogen-bond acceptors (Lipinski definition) is 5. The second kappa shape index (κ2) is 7.20. The van der Waals surface area contributed by atoms with Gasteiger partial charge in [0.1, 0.15) is 11.5 Å².